The fourth-order valence-electron chi connectivity index (χ4n) is 3.05. The van der Waals surface area contributed by atoms with Gasteiger partial charge in [-0.25, -0.2) is 14.5 Å². The molecule has 0 bridgehead atoms. The maximum atomic E-state index is 13.0. The minimum Gasteiger partial charge on any atom is -0.493 e. The summed E-state index contributed by atoms with van der Waals surface area (Å²) >= 11 is 3.29. The van der Waals surface area contributed by atoms with E-state index >= 15 is 0 Å². The topological polar surface area (TPSA) is 115 Å². The lowest BCUT2D eigenvalue weighted by Crippen LogP contribution is -2.54. The summed E-state index contributed by atoms with van der Waals surface area (Å²) in [5, 5.41) is 2.16. The number of urea groups is 1. The molecule has 2 aromatic carbocycles. The van der Waals surface area contributed by atoms with Gasteiger partial charge in [-0.2, -0.15) is 0 Å². The Bertz CT molecular complexity index is 1280. The van der Waals surface area contributed by atoms with Crippen LogP contribution in [0, 0.1) is 0 Å². The second-order valence-electron chi connectivity index (χ2n) is 6.71. The molecular formula is C23H15BrN2O7. The number of benzene rings is 2. The molecule has 9 nitrogen and oxygen atoms in total. The van der Waals surface area contributed by atoms with Crippen LogP contribution in [0.15, 0.2) is 75.3 Å². The summed E-state index contributed by atoms with van der Waals surface area (Å²) in [5.41, 5.74) is 0.463. The van der Waals surface area contributed by atoms with Gasteiger partial charge in [0.15, 0.2) is 11.5 Å². The Morgan fingerprint density at radius 3 is 2.48 bits per heavy atom. The van der Waals surface area contributed by atoms with Gasteiger partial charge in [-0.05, 0) is 60.2 Å². The number of halogens is 1. The number of amides is 4. The van der Waals surface area contributed by atoms with Gasteiger partial charge in [-0.15, -0.1) is 0 Å². The number of carbonyl (C=O) groups is 4. The monoisotopic (exact) mass is 510 g/mol. The highest BCUT2D eigenvalue weighted by molar-refractivity contribution is 9.10. The summed E-state index contributed by atoms with van der Waals surface area (Å²) in [6.07, 6.45) is 2.66. The SMILES string of the molecule is COc1cc(/C=C2\C(=O)NC(=O)N(c3ccc(Br)cc3)C2=O)ccc1OC(=O)c1ccco1. The quantitative estimate of drug-likeness (QED) is 0.239. The lowest BCUT2D eigenvalue weighted by atomic mass is 10.1. The first-order valence-corrected chi connectivity index (χ1v) is 10.3. The van der Waals surface area contributed by atoms with Gasteiger partial charge in [0.1, 0.15) is 5.57 Å². The van der Waals surface area contributed by atoms with Gasteiger partial charge in [0.05, 0.1) is 19.1 Å². The van der Waals surface area contributed by atoms with Crippen molar-refractivity contribution in [3.8, 4) is 11.5 Å². The molecule has 4 rings (SSSR count). The number of ether oxygens (including phenoxy) is 2. The maximum absolute atomic E-state index is 13.0. The van der Waals surface area contributed by atoms with Crippen LogP contribution < -0.4 is 19.7 Å². The smallest absolute Gasteiger partial charge is 0.379 e. The van der Waals surface area contributed by atoms with Crippen LogP contribution >= 0.6 is 15.9 Å². The van der Waals surface area contributed by atoms with E-state index in [0.29, 0.717) is 11.3 Å². The molecule has 4 amide bonds. The Morgan fingerprint density at radius 1 is 1.06 bits per heavy atom. The average molecular weight is 511 g/mol. The molecule has 1 aliphatic heterocycles. The summed E-state index contributed by atoms with van der Waals surface area (Å²) in [6, 6.07) is 13.1. The molecule has 10 heteroatoms. The molecule has 1 saturated heterocycles. The number of anilines is 1. The van der Waals surface area contributed by atoms with Crippen molar-refractivity contribution in [2.75, 3.05) is 12.0 Å². The second kappa shape index (κ2) is 9.13. The first-order valence-electron chi connectivity index (χ1n) is 9.48. The normalized spacial score (nSPS) is 14.9. The molecule has 1 N–H and O–H groups in total. The third-order valence-corrected chi connectivity index (χ3v) is 5.14. The van der Waals surface area contributed by atoms with Gasteiger partial charge in [0, 0.05) is 4.47 Å². The number of barbiturate groups is 1. The van der Waals surface area contributed by atoms with Crippen molar-refractivity contribution in [2.24, 2.45) is 0 Å². The third kappa shape index (κ3) is 4.55. The van der Waals surface area contributed by atoms with Crippen molar-refractivity contribution in [1.82, 2.24) is 5.32 Å². The van der Waals surface area contributed by atoms with E-state index in [0.717, 1.165) is 9.37 Å². The van der Waals surface area contributed by atoms with Gasteiger partial charge >= 0.3 is 12.0 Å². The number of nitrogens with zero attached hydrogens (tertiary/aromatic N) is 1. The number of rotatable bonds is 5. The summed E-state index contributed by atoms with van der Waals surface area (Å²) in [6.45, 7) is 0. The average Bonchev–Trinajstić information content (AvgIpc) is 3.34. The molecule has 33 heavy (non-hydrogen) atoms. The molecule has 1 aromatic heterocycles. The molecule has 0 saturated carbocycles. The van der Waals surface area contributed by atoms with E-state index < -0.39 is 23.8 Å². The third-order valence-electron chi connectivity index (χ3n) is 4.61. The molecule has 0 aliphatic carbocycles. The lowest BCUT2D eigenvalue weighted by molar-refractivity contribution is -0.122. The van der Waals surface area contributed by atoms with Crippen LogP contribution in [-0.4, -0.2) is 30.9 Å². The minimum atomic E-state index is -0.845. The number of hydrogen-bond donors (Lipinski definition) is 1. The Kier molecular flexibility index (Phi) is 6.09. The van der Waals surface area contributed by atoms with Crippen molar-refractivity contribution < 1.29 is 33.1 Å². The predicted octanol–water partition coefficient (Wildman–Crippen LogP) is 3.94. The number of furan rings is 1. The van der Waals surface area contributed by atoms with E-state index in [1.54, 1.807) is 30.3 Å². The highest BCUT2D eigenvalue weighted by Gasteiger charge is 2.36. The zero-order valence-corrected chi connectivity index (χ0v) is 18.6. The van der Waals surface area contributed by atoms with Crippen LogP contribution in [0.2, 0.25) is 0 Å². The zero-order valence-electron chi connectivity index (χ0n) is 17.0. The fourth-order valence-corrected chi connectivity index (χ4v) is 3.32. The molecular weight excluding hydrogens is 496 g/mol. The van der Waals surface area contributed by atoms with Crippen molar-refractivity contribution >= 4 is 51.5 Å². The number of esters is 1. The van der Waals surface area contributed by atoms with E-state index in [1.807, 2.05) is 0 Å². The van der Waals surface area contributed by atoms with Crippen LogP contribution in [0.5, 0.6) is 11.5 Å². The van der Waals surface area contributed by atoms with E-state index in [1.165, 1.54) is 43.7 Å². The summed E-state index contributed by atoms with van der Waals surface area (Å²) in [5.74, 6) is -2.00. The number of methoxy groups -OCH3 is 1. The highest BCUT2D eigenvalue weighted by atomic mass is 79.9. The second-order valence-corrected chi connectivity index (χ2v) is 7.63. The van der Waals surface area contributed by atoms with Crippen molar-refractivity contribution in [1.29, 1.82) is 0 Å². The van der Waals surface area contributed by atoms with E-state index in [2.05, 4.69) is 21.2 Å². The lowest BCUT2D eigenvalue weighted by Gasteiger charge is -2.26. The maximum Gasteiger partial charge on any atom is 0.379 e. The van der Waals surface area contributed by atoms with Gasteiger partial charge in [-0.1, -0.05) is 22.0 Å². The van der Waals surface area contributed by atoms with Crippen molar-refractivity contribution in [2.45, 2.75) is 0 Å². The van der Waals surface area contributed by atoms with Gasteiger partial charge < -0.3 is 13.9 Å². The van der Waals surface area contributed by atoms with Crippen LogP contribution in [-0.2, 0) is 9.59 Å². The predicted molar refractivity (Wildman–Crippen MR) is 120 cm³/mol. The Morgan fingerprint density at radius 2 is 1.82 bits per heavy atom. The van der Waals surface area contributed by atoms with E-state index in [4.69, 9.17) is 13.9 Å². The number of carbonyl (C=O) groups excluding carboxylic acids is 4. The Hall–Kier alpha value is -4.18. The standard InChI is InChI=1S/C23H15BrN2O7/c1-31-19-12-13(4-9-17(19)33-22(29)18-3-2-10-32-18)11-16-20(27)25-23(30)26(21(16)28)15-7-5-14(24)6-8-15/h2-12H,1H3,(H,25,27,30)/b16-11+. The number of nitrogens with one attached hydrogen (secondary N) is 1. The molecule has 0 spiro atoms. The zero-order chi connectivity index (χ0) is 23.5. The molecule has 1 aliphatic rings. The molecule has 0 atom stereocenters. The van der Waals surface area contributed by atoms with Crippen LogP contribution in [0.25, 0.3) is 6.08 Å². The number of imide groups is 2. The Labute approximate surface area is 195 Å². The molecule has 166 valence electrons. The van der Waals surface area contributed by atoms with Crippen LogP contribution in [0.1, 0.15) is 16.1 Å². The molecule has 0 radical (unpaired) electrons. The van der Waals surface area contributed by atoms with Gasteiger partial charge in [-0.3, -0.25) is 14.9 Å². The number of hydrogen-bond acceptors (Lipinski definition) is 7. The molecule has 3 aromatic rings. The van der Waals surface area contributed by atoms with E-state index in [-0.39, 0.29) is 22.8 Å². The first-order chi connectivity index (χ1) is 15.9. The molecule has 1 fully saturated rings. The van der Waals surface area contributed by atoms with Crippen molar-refractivity contribution in [3.05, 3.63) is 82.2 Å². The summed E-state index contributed by atoms with van der Waals surface area (Å²) in [4.78, 5) is 50.7. The molecule has 2 heterocycles. The first kappa shape index (κ1) is 22.0. The highest BCUT2D eigenvalue weighted by Crippen LogP contribution is 2.30. The van der Waals surface area contributed by atoms with Crippen LogP contribution in [0.4, 0.5) is 10.5 Å². The summed E-state index contributed by atoms with van der Waals surface area (Å²) in [7, 11) is 1.38. The van der Waals surface area contributed by atoms with Crippen molar-refractivity contribution in [3.63, 3.8) is 0 Å². The molecule has 0 unspecified atom stereocenters. The van der Waals surface area contributed by atoms with E-state index in [9.17, 15) is 19.2 Å². The fraction of sp³-hybridized carbons (Fsp3) is 0.0435. The minimum absolute atomic E-state index is 0.0189. The van der Waals surface area contributed by atoms with Gasteiger partial charge in [0.25, 0.3) is 11.8 Å². The van der Waals surface area contributed by atoms with Gasteiger partial charge in [0.2, 0.25) is 5.76 Å². The van der Waals surface area contributed by atoms with Crippen LogP contribution in [0.3, 0.4) is 0 Å². The largest absolute Gasteiger partial charge is 0.493 e. The summed E-state index contributed by atoms with van der Waals surface area (Å²) < 4.78 is 16.3. The Balaban J connectivity index is 1.63.